The molecule has 1 fully saturated rings. The summed E-state index contributed by atoms with van der Waals surface area (Å²) >= 11 is 3.36. The van der Waals surface area contributed by atoms with Crippen molar-refractivity contribution in [2.75, 3.05) is 31.7 Å². The third kappa shape index (κ3) is 3.57. The molecule has 2 heterocycles. The second kappa shape index (κ2) is 7.66. The molecule has 1 N–H and O–H groups in total. The Bertz CT molecular complexity index is 907. The number of nitrogens with one attached hydrogen (secondary N) is 1. The van der Waals surface area contributed by atoms with Gasteiger partial charge in [-0.3, -0.25) is 9.59 Å². The molecule has 0 radical (unpaired) electrons. The molecule has 0 bridgehead atoms. The molecule has 0 saturated carbocycles. The summed E-state index contributed by atoms with van der Waals surface area (Å²) in [4.78, 5) is 26.0. The lowest BCUT2D eigenvalue weighted by molar-refractivity contribution is -0.169. The maximum Gasteiger partial charge on any atom is 0.251 e. The van der Waals surface area contributed by atoms with Gasteiger partial charge in [-0.1, -0.05) is 22.0 Å². The molecule has 7 heteroatoms. The van der Waals surface area contributed by atoms with Crippen LogP contribution in [0.5, 0.6) is 0 Å². The van der Waals surface area contributed by atoms with E-state index in [9.17, 15) is 9.59 Å². The molecule has 2 aliphatic heterocycles. The first-order chi connectivity index (χ1) is 13.5. The Morgan fingerprint density at radius 1 is 1.18 bits per heavy atom. The van der Waals surface area contributed by atoms with E-state index in [1.165, 1.54) is 0 Å². The van der Waals surface area contributed by atoms with Gasteiger partial charge in [0.05, 0.1) is 19.6 Å². The molecule has 2 amide bonds. The predicted molar refractivity (Wildman–Crippen MR) is 108 cm³/mol. The largest absolute Gasteiger partial charge is 0.352 e. The van der Waals surface area contributed by atoms with E-state index in [0.29, 0.717) is 38.2 Å². The number of halogens is 1. The third-order valence-electron chi connectivity index (χ3n) is 5.20. The molecule has 146 valence electrons. The van der Waals surface area contributed by atoms with Crippen molar-refractivity contribution in [3.05, 3.63) is 63.6 Å². The van der Waals surface area contributed by atoms with E-state index < -0.39 is 5.79 Å². The molecular formula is C21H21BrN2O4. The molecule has 28 heavy (non-hydrogen) atoms. The second-order valence-electron chi connectivity index (χ2n) is 6.94. The van der Waals surface area contributed by atoms with Crippen LogP contribution in [0.15, 0.2) is 46.9 Å². The molecule has 1 saturated heterocycles. The maximum atomic E-state index is 12.3. The zero-order valence-corrected chi connectivity index (χ0v) is 17.1. The van der Waals surface area contributed by atoms with Crippen molar-refractivity contribution >= 4 is 33.4 Å². The summed E-state index contributed by atoms with van der Waals surface area (Å²) in [6.07, 6.45) is 0.869. The third-order valence-corrected chi connectivity index (χ3v) is 5.72. The van der Waals surface area contributed by atoms with E-state index in [4.69, 9.17) is 9.47 Å². The lowest BCUT2D eigenvalue weighted by Gasteiger charge is -2.28. The standard InChI is InChI=1S/C21H21BrN2O4/c1-24-18-7-4-16(12-15(18)13-19(24)25)21(27-10-11-28-21)8-9-23-20(26)14-2-5-17(22)6-3-14/h2-7,12H,8-11,13H2,1H3,(H,23,26). The zero-order chi connectivity index (χ0) is 19.7. The Kier molecular flexibility index (Phi) is 5.23. The summed E-state index contributed by atoms with van der Waals surface area (Å²) in [7, 11) is 1.78. The molecule has 0 spiro atoms. The second-order valence-corrected chi connectivity index (χ2v) is 7.85. The highest BCUT2D eigenvalue weighted by Crippen LogP contribution is 2.38. The number of benzene rings is 2. The molecule has 0 atom stereocenters. The number of fused-ring (bicyclic) bond motifs is 1. The van der Waals surface area contributed by atoms with Gasteiger partial charge in [0.15, 0.2) is 5.79 Å². The van der Waals surface area contributed by atoms with Gasteiger partial charge in [0.1, 0.15) is 0 Å². The normalized spacial score (nSPS) is 17.6. The van der Waals surface area contributed by atoms with Crippen LogP contribution in [0.1, 0.15) is 27.9 Å². The summed E-state index contributed by atoms with van der Waals surface area (Å²) in [5, 5.41) is 2.93. The van der Waals surface area contributed by atoms with E-state index in [2.05, 4.69) is 21.2 Å². The smallest absolute Gasteiger partial charge is 0.251 e. The SMILES string of the molecule is CN1C(=O)Cc2cc(C3(CCNC(=O)c4ccc(Br)cc4)OCCO3)ccc21. The van der Waals surface area contributed by atoms with Crippen LogP contribution in [0.3, 0.4) is 0 Å². The average molecular weight is 445 g/mol. The molecular weight excluding hydrogens is 424 g/mol. The van der Waals surface area contributed by atoms with Gasteiger partial charge in [0.2, 0.25) is 5.91 Å². The van der Waals surface area contributed by atoms with E-state index >= 15 is 0 Å². The first-order valence-electron chi connectivity index (χ1n) is 9.20. The summed E-state index contributed by atoms with van der Waals surface area (Å²) < 4.78 is 12.9. The zero-order valence-electron chi connectivity index (χ0n) is 15.5. The number of amides is 2. The van der Waals surface area contributed by atoms with Crippen molar-refractivity contribution in [3.8, 4) is 0 Å². The van der Waals surface area contributed by atoms with Gasteiger partial charge >= 0.3 is 0 Å². The van der Waals surface area contributed by atoms with Gasteiger partial charge < -0.3 is 19.7 Å². The number of ether oxygens (including phenoxy) is 2. The highest BCUT2D eigenvalue weighted by Gasteiger charge is 2.39. The monoisotopic (exact) mass is 444 g/mol. The highest BCUT2D eigenvalue weighted by molar-refractivity contribution is 9.10. The van der Waals surface area contributed by atoms with Crippen molar-refractivity contribution in [1.82, 2.24) is 5.32 Å². The van der Waals surface area contributed by atoms with Gasteiger partial charge in [-0.15, -0.1) is 0 Å². The first-order valence-corrected chi connectivity index (χ1v) is 9.99. The number of rotatable bonds is 5. The van der Waals surface area contributed by atoms with Crippen LogP contribution in [0.4, 0.5) is 5.69 Å². The fourth-order valence-electron chi connectivity index (χ4n) is 3.66. The predicted octanol–water partition coefficient (Wildman–Crippen LogP) is 2.99. The molecule has 4 rings (SSSR count). The number of likely N-dealkylation sites (N-methyl/N-ethyl adjacent to an activating group) is 1. The van der Waals surface area contributed by atoms with Gasteiger partial charge in [-0.25, -0.2) is 0 Å². The van der Waals surface area contributed by atoms with Crippen LogP contribution < -0.4 is 10.2 Å². The Morgan fingerprint density at radius 3 is 2.61 bits per heavy atom. The average Bonchev–Trinajstić information content (AvgIpc) is 3.28. The molecule has 0 unspecified atom stereocenters. The van der Waals surface area contributed by atoms with E-state index in [-0.39, 0.29) is 11.8 Å². The molecule has 2 aromatic rings. The Morgan fingerprint density at radius 2 is 1.89 bits per heavy atom. The van der Waals surface area contributed by atoms with Crippen molar-refractivity contribution in [2.24, 2.45) is 0 Å². The van der Waals surface area contributed by atoms with Crippen molar-refractivity contribution < 1.29 is 19.1 Å². The fraction of sp³-hybridized carbons (Fsp3) is 0.333. The molecule has 0 aromatic heterocycles. The van der Waals surface area contributed by atoms with Gasteiger partial charge in [-0.2, -0.15) is 0 Å². The van der Waals surface area contributed by atoms with E-state index in [1.54, 1.807) is 24.1 Å². The number of carbonyl (C=O) groups is 2. The molecule has 2 aromatic carbocycles. The number of hydrogen-bond donors (Lipinski definition) is 1. The fourth-order valence-corrected chi connectivity index (χ4v) is 3.93. The minimum absolute atomic E-state index is 0.0798. The van der Waals surface area contributed by atoms with Crippen LogP contribution in [-0.2, 0) is 26.5 Å². The van der Waals surface area contributed by atoms with Crippen molar-refractivity contribution in [2.45, 2.75) is 18.6 Å². The van der Waals surface area contributed by atoms with E-state index in [1.807, 2.05) is 30.3 Å². The Hall–Kier alpha value is -2.22. The van der Waals surface area contributed by atoms with Crippen LogP contribution >= 0.6 is 15.9 Å². The topological polar surface area (TPSA) is 67.9 Å². The Labute approximate surface area is 171 Å². The summed E-state index contributed by atoms with van der Waals surface area (Å²) in [5.41, 5.74) is 3.38. The minimum Gasteiger partial charge on any atom is -0.352 e. The lowest BCUT2D eigenvalue weighted by Crippen LogP contribution is -2.34. The molecule has 0 aliphatic carbocycles. The van der Waals surface area contributed by atoms with Crippen molar-refractivity contribution in [1.29, 1.82) is 0 Å². The Balaban J connectivity index is 1.47. The quantitative estimate of drug-likeness (QED) is 0.769. The minimum atomic E-state index is -0.897. The summed E-state index contributed by atoms with van der Waals surface area (Å²) in [6, 6.07) is 13.1. The van der Waals surface area contributed by atoms with Crippen LogP contribution in [0, 0.1) is 0 Å². The number of nitrogens with zero attached hydrogens (tertiary/aromatic N) is 1. The highest BCUT2D eigenvalue weighted by atomic mass is 79.9. The lowest BCUT2D eigenvalue weighted by atomic mass is 9.98. The van der Waals surface area contributed by atoms with Crippen molar-refractivity contribution in [3.63, 3.8) is 0 Å². The molecule has 2 aliphatic rings. The number of carbonyl (C=O) groups excluding carboxylic acids is 2. The maximum absolute atomic E-state index is 12.3. The van der Waals surface area contributed by atoms with E-state index in [0.717, 1.165) is 21.3 Å². The van der Waals surface area contributed by atoms with Crippen LogP contribution in [0.25, 0.3) is 0 Å². The summed E-state index contributed by atoms with van der Waals surface area (Å²) in [6.45, 7) is 1.40. The van der Waals surface area contributed by atoms with Crippen LogP contribution in [-0.4, -0.2) is 38.6 Å². The molecule has 6 nitrogen and oxygen atoms in total. The van der Waals surface area contributed by atoms with Gasteiger partial charge in [0.25, 0.3) is 5.91 Å². The van der Waals surface area contributed by atoms with Gasteiger partial charge in [-0.05, 0) is 42.0 Å². The first kappa shape index (κ1) is 19.1. The summed E-state index contributed by atoms with van der Waals surface area (Å²) in [5.74, 6) is -0.954. The number of anilines is 1. The number of hydrogen-bond acceptors (Lipinski definition) is 4. The van der Waals surface area contributed by atoms with Gasteiger partial charge in [0, 0.05) is 41.3 Å². The van der Waals surface area contributed by atoms with Crippen LogP contribution in [0.2, 0.25) is 0 Å².